The van der Waals surface area contributed by atoms with E-state index >= 15 is 0 Å². The summed E-state index contributed by atoms with van der Waals surface area (Å²) in [4.78, 5) is 24.2. The zero-order chi connectivity index (χ0) is 17.9. The third kappa shape index (κ3) is 4.98. The minimum atomic E-state index is -0.559. The van der Waals surface area contributed by atoms with Gasteiger partial charge in [-0.15, -0.1) is 0 Å². The van der Waals surface area contributed by atoms with Gasteiger partial charge in [0.15, 0.2) is 0 Å². The largest absolute Gasteiger partial charge is 0.444 e. The number of nitrogens with one attached hydrogen (secondary N) is 1. The van der Waals surface area contributed by atoms with Crippen LogP contribution in [0.4, 0.5) is 4.79 Å². The normalized spacial score (nSPS) is 20.9. The van der Waals surface area contributed by atoms with Crippen molar-refractivity contribution in [2.24, 2.45) is 11.8 Å². The number of para-hydroxylation sites is 1. The summed E-state index contributed by atoms with van der Waals surface area (Å²) in [6, 6.07) is 7.04. The van der Waals surface area contributed by atoms with Gasteiger partial charge in [0.05, 0.1) is 12.0 Å². The second-order valence-corrected chi connectivity index (χ2v) is 7.39. The number of carbonyl (C=O) groups excluding carboxylic acids is 2. The van der Waals surface area contributed by atoms with Crippen LogP contribution in [0.2, 0.25) is 0 Å². The lowest BCUT2D eigenvalue weighted by Crippen LogP contribution is -2.35. The zero-order valence-corrected chi connectivity index (χ0v) is 15.1. The van der Waals surface area contributed by atoms with Crippen LogP contribution in [-0.4, -0.2) is 17.7 Å². The Morgan fingerprint density at radius 2 is 1.92 bits per heavy atom. The van der Waals surface area contributed by atoms with Crippen molar-refractivity contribution in [2.45, 2.75) is 59.1 Å². The average Bonchev–Trinajstić information content (AvgIpc) is 3.21. The Morgan fingerprint density at radius 1 is 1.29 bits per heavy atom. The van der Waals surface area contributed by atoms with Crippen LogP contribution in [0.15, 0.2) is 24.3 Å². The lowest BCUT2D eigenvalue weighted by atomic mass is 10.0. The first-order valence-electron chi connectivity index (χ1n) is 8.51. The Balaban J connectivity index is 2.10. The molecule has 5 heteroatoms. The fraction of sp³-hybridized carbons (Fsp3) is 0.579. The Bertz CT molecular complexity index is 606. The number of hydrogen-bond donors (Lipinski definition) is 1. The average molecular weight is 333 g/mol. The molecule has 1 aromatic rings. The van der Waals surface area contributed by atoms with E-state index in [2.05, 4.69) is 5.32 Å². The molecule has 5 nitrogen and oxygen atoms in total. The highest BCUT2D eigenvalue weighted by Crippen LogP contribution is 2.39. The van der Waals surface area contributed by atoms with E-state index in [4.69, 9.17) is 9.47 Å². The molecule has 0 saturated heterocycles. The summed E-state index contributed by atoms with van der Waals surface area (Å²) in [6.45, 7) is 9.46. The number of esters is 1. The third-order valence-electron chi connectivity index (χ3n) is 4.02. The van der Waals surface area contributed by atoms with Gasteiger partial charge >= 0.3 is 12.1 Å². The van der Waals surface area contributed by atoms with Crippen LogP contribution in [0.3, 0.4) is 0 Å². The summed E-state index contributed by atoms with van der Waals surface area (Å²) < 4.78 is 10.9. The van der Waals surface area contributed by atoms with Crippen LogP contribution in [0.1, 0.15) is 59.1 Å². The molecule has 0 unspecified atom stereocenters. The highest BCUT2D eigenvalue weighted by atomic mass is 16.6. The molecular formula is C19H27NO4. The molecule has 1 aliphatic rings. The molecule has 0 aliphatic heterocycles. The maximum Gasteiger partial charge on any atom is 0.408 e. The molecule has 0 spiro atoms. The molecule has 1 N–H and O–H groups in total. The van der Waals surface area contributed by atoms with E-state index in [0.29, 0.717) is 18.1 Å². The van der Waals surface area contributed by atoms with Crippen molar-refractivity contribution < 1.29 is 19.1 Å². The number of amides is 1. The SMILES string of the molecule is CC[C@H](NC(=O)OC(C)(C)C)c1ccccc1OC(=O)[C@H]1C[C@@H]1C. The first-order valence-corrected chi connectivity index (χ1v) is 8.51. The summed E-state index contributed by atoms with van der Waals surface area (Å²) in [6.07, 6.45) is 1.06. The number of carbonyl (C=O) groups is 2. The Hall–Kier alpha value is -2.04. The van der Waals surface area contributed by atoms with E-state index in [1.165, 1.54) is 0 Å². The van der Waals surface area contributed by atoms with Crippen molar-refractivity contribution in [1.82, 2.24) is 5.32 Å². The fourth-order valence-corrected chi connectivity index (χ4v) is 2.55. The van der Waals surface area contributed by atoms with Crippen LogP contribution in [-0.2, 0) is 9.53 Å². The van der Waals surface area contributed by atoms with Crippen LogP contribution >= 0.6 is 0 Å². The molecule has 0 aromatic heterocycles. The van der Waals surface area contributed by atoms with Gasteiger partial charge in [-0.1, -0.05) is 32.0 Å². The Labute approximate surface area is 143 Å². The van der Waals surface area contributed by atoms with E-state index in [9.17, 15) is 9.59 Å². The van der Waals surface area contributed by atoms with E-state index in [-0.39, 0.29) is 17.9 Å². The van der Waals surface area contributed by atoms with Gasteiger partial charge in [0.1, 0.15) is 11.4 Å². The molecule has 0 radical (unpaired) electrons. The molecule has 0 bridgehead atoms. The molecule has 1 saturated carbocycles. The van der Waals surface area contributed by atoms with Crippen LogP contribution in [0, 0.1) is 11.8 Å². The van der Waals surface area contributed by atoms with Crippen molar-refractivity contribution in [3.05, 3.63) is 29.8 Å². The molecule has 1 amide bonds. The number of ether oxygens (including phenoxy) is 2. The van der Waals surface area contributed by atoms with Crippen LogP contribution in [0.25, 0.3) is 0 Å². The first-order chi connectivity index (χ1) is 11.2. The highest BCUT2D eigenvalue weighted by Gasteiger charge is 2.41. The zero-order valence-electron chi connectivity index (χ0n) is 15.1. The van der Waals surface area contributed by atoms with Crippen molar-refractivity contribution in [2.75, 3.05) is 0 Å². The van der Waals surface area contributed by atoms with Gasteiger partial charge in [-0.3, -0.25) is 4.79 Å². The first kappa shape index (κ1) is 18.3. The number of benzene rings is 1. The molecule has 132 valence electrons. The maximum absolute atomic E-state index is 12.1. The predicted molar refractivity (Wildman–Crippen MR) is 91.7 cm³/mol. The van der Waals surface area contributed by atoms with E-state index < -0.39 is 11.7 Å². The van der Waals surface area contributed by atoms with Crippen LogP contribution in [0.5, 0.6) is 5.75 Å². The quantitative estimate of drug-likeness (QED) is 0.647. The van der Waals surface area contributed by atoms with Crippen molar-refractivity contribution in [1.29, 1.82) is 0 Å². The summed E-state index contributed by atoms with van der Waals surface area (Å²) in [5, 5.41) is 2.85. The predicted octanol–water partition coefficient (Wildman–Crippen LogP) is 4.22. The fourth-order valence-electron chi connectivity index (χ4n) is 2.55. The molecule has 24 heavy (non-hydrogen) atoms. The second kappa shape index (κ2) is 7.24. The Kier molecular flexibility index (Phi) is 5.52. The van der Waals surface area contributed by atoms with Gasteiger partial charge in [-0.2, -0.15) is 0 Å². The van der Waals surface area contributed by atoms with E-state index in [0.717, 1.165) is 12.0 Å². The van der Waals surface area contributed by atoms with Gasteiger partial charge in [0.2, 0.25) is 0 Å². The van der Waals surface area contributed by atoms with Gasteiger partial charge in [0, 0.05) is 5.56 Å². The summed E-state index contributed by atoms with van der Waals surface area (Å²) >= 11 is 0. The Morgan fingerprint density at radius 3 is 2.46 bits per heavy atom. The monoisotopic (exact) mass is 333 g/mol. The van der Waals surface area contributed by atoms with Gasteiger partial charge < -0.3 is 14.8 Å². The van der Waals surface area contributed by atoms with Crippen molar-refractivity contribution in [3.63, 3.8) is 0 Å². The molecule has 0 heterocycles. The maximum atomic E-state index is 12.1. The van der Waals surface area contributed by atoms with Crippen molar-refractivity contribution >= 4 is 12.1 Å². The van der Waals surface area contributed by atoms with E-state index in [1.807, 2.05) is 52.8 Å². The smallest absolute Gasteiger partial charge is 0.408 e. The van der Waals surface area contributed by atoms with Gasteiger partial charge in [-0.25, -0.2) is 4.79 Å². The number of rotatable bonds is 5. The molecule has 1 aliphatic carbocycles. The highest BCUT2D eigenvalue weighted by molar-refractivity contribution is 5.78. The van der Waals surface area contributed by atoms with Crippen LogP contribution < -0.4 is 10.1 Å². The molecule has 1 aromatic carbocycles. The summed E-state index contributed by atoms with van der Waals surface area (Å²) in [5.41, 5.74) is 0.226. The lowest BCUT2D eigenvalue weighted by Gasteiger charge is -2.24. The number of hydrogen-bond acceptors (Lipinski definition) is 4. The minimum Gasteiger partial charge on any atom is -0.444 e. The minimum absolute atomic E-state index is 0.00283. The standard InChI is InChI=1S/C19H27NO4/c1-6-15(20-18(22)24-19(3,4)5)13-9-7-8-10-16(13)23-17(21)14-11-12(14)2/h7-10,12,14-15H,6,11H2,1-5H3,(H,20,22)/t12-,14-,15-/m0/s1. The topological polar surface area (TPSA) is 64.6 Å². The number of alkyl carbamates (subject to hydrolysis) is 1. The third-order valence-corrected chi connectivity index (χ3v) is 4.02. The summed E-state index contributed by atoms with van der Waals surface area (Å²) in [5.74, 6) is 0.704. The summed E-state index contributed by atoms with van der Waals surface area (Å²) in [7, 11) is 0. The molecule has 1 fully saturated rings. The van der Waals surface area contributed by atoms with E-state index in [1.54, 1.807) is 6.07 Å². The molecule has 3 atom stereocenters. The van der Waals surface area contributed by atoms with Crippen molar-refractivity contribution in [3.8, 4) is 5.75 Å². The molecule has 2 rings (SSSR count). The lowest BCUT2D eigenvalue weighted by molar-refractivity contribution is -0.136. The van der Waals surface area contributed by atoms with Gasteiger partial charge in [0.25, 0.3) is 0 Å². The second-order valence-electron chi connectivity index (χ2n) is 7.39. The van der Waals surface area contributed by atoms with Gasteiger partial charge in [-0.05, 0) is 45.6 Å². The molecular weight excluding hydrogens is 306 g/mol.